The van der Waals surface area contributed by atoms with Gasteiger partial charge in [-0.1, -0.05) is 315 Å². The largest absolute Gasteiger partial charge is 0.311 e. The Labute approximate surface area is 631 Å². The summed E-state index contributed by atoms with van der Waals surface area (Å²) >= 11 is 0. The normalized spacial score (nSPS) is 15.0. The highest BCUT2D eigenvalue weighted by Gasteiger charge is 2.59. The second-order valence-electron chi connectivity index (χ2n) is 31.1. The molecule has 0 saturated heterocycles. The first-order valence-electron chi connectivity index (χ1n) is 38.4. The maximum Gasteiger partial charge on any atom is 0.252 e. The summed E-state index contributed by atoms with van der Waals surface area (Å²) in [5, 5.41) is 2.44. The van der Waals surface area contributed by atoms with Gasteiger partial charge in [0.05, 0.1) is 33.0 Å². The van der Waals surface area contributed by atoms with E-state index < -0.39 is 16.2 Å². The van der Waals surface area contributed by atoms with Gasteiger partial charge in [0, 0.05) is 44.9 Å². The second kappa shape index (κ2) is 20.8. The first kappa shape index (κ1) is 58.5. The molecular formula is C105H62BN3. The SMILES string of the molecule is c1ccc(-c2ccc(N3c4cc(-n5c6ccccc6c6ccccc65)cc5c4B(c4cc6c(cc4N5c4ccc5c(c4)-c4ccccc4C54c5ccccc5-c5ccccc54)-c4ccccc4C64c5ccccc5-c5ccccc54)c4c3ccc3c4C4(c5ccccc5-c5ccccc54)c4ccccc4-3)cc2)cc1. The van der Waals surface area contributed by atoms with Gasteiger partial charge in [0.2, 0.25) is 0 Å². The highest BCUT2D eigenvalue weighted by molar-refractivity contribution is 7.01. The van der Waals surface area contributed by atoms with E-state index in [0.29, 0.717) is 0 Å². The van der Waals surface area contributed by atoms with Crippen LogP contribution < -0.4 is 26.2 Å². The van der Waals surface area contributed by atoms with Crippen LogP contribution in [0.5, 0.6) is 0 Å². The third-order valence-electron chi connectivity index (χ3n) is 26.6. The van der Waals surface area contributed by atoms with Crippen molar-refractivity contribution in [3.05, 3.63) is 443 Å². The van der Waals surface area contributed by atoms with Gasteiger partial charge >= 0.3 is 0 Å². The molecule has 1 aromatic heterocycles. The minimum atomic E-state index is -0.705. The molecule has 0 radical (unpaired) electrons. The molecule has 0 saturated carbocycles. The summed E-state index contributed by atoms with van der Waals surface area (Å²) in [6.45, 7) is -0.331. The monoisotopic (exact) mass is 1380 g/mol. The molecule has 0 bridgehead atoms. The summed E-state index contributed by atoms with van der Waals surface area (Å²) in [7, 11) is 0. The van der Waals surface area contributed by atoms with Crippen LogP contribution in [0.3, 0.4) is 0 Å². The van der Waals surface area contributed by atoms with Crippen molar-refractivity contribution in [2.24, 2.45) is 0 Å². The molecule has 8 aliphatic rings. The van der Waals surface area contributed by atoms with Crippen molar-refractivity contribution >= 4 is 79.0 Å². The summed E-state index contributed by atoms with van der Waals surface area (Å²) < 4.78 is 2.56. The number of aromatic nitrogens is 1. The molecule has 17 aromatic carbocycles. The Morgan fingerprint density at radius 2 is 0.560 bits per heavy atom. The number of anilines is 6. The number of benzene rings is 17. The van der Waals surface area contributed by atoms with E-state index >= 15 is 0 Å². The van der Waals surface area contributed by atoms with Crippen molar-refractivity contribution in [2.75, 3.05) is 9.80 Å². The Hall–Kier alpha value is -13.8. The van der Waals surface area contributed by atoms with E-state index in [-0.39, 0.29) is 6.71 Å². The van der Waals surface area contributed by atoms with Crippen molar-refractivity contribution in [3.63, 3.8) is 0 Å². The third kappa shape index (κ3) is 6.96. The molecule has 500 valence electrons. The number of nitrogens with zero attached hydrogens (tertiary/aromatic N) is 3. The van der Waals surface area contributed by atoms with Gasteiger partial charge in [0.15, 0.2) is 0 Å². The minimum Gasteiger partial charge on any atom is -0.311 e. The molecule has 3 heterocycles. The molecule has 109 heavy (non-hydrogen) atoms. The number of hydrogen-bond acceptors (Lipinski definition) is 2. The maximum atomic E-state index is 2.76. The van der Waals surface area contributed by atoms with E-state index in [1.165, 1.54) is 183 Å². The zero-order valence-electron chi connectivity index (χ0n) is 59.2. The Morgan fingerprint density at radius 3 is 1.04 bits per heavy atom. The predicted molar refractivity (Wildman–Crippen MR) is 449 cm³/mol. The quantitative estimate of drug-likeness (QED) is 0.163. The van der Waals surface area contributed by atoms with Crippen molar-refractivity contribution in [3.8, 4) is 83.6 Å². The Kier molecular flexibility index (Phi) is 11.2. The van der Waals surface area contributed by atoms with Crippen LogP contribution in [0.4, 0.5) is 34.1 Å². The molecule has 4 heteroatoms. The summed E-state index contributed by atoms with van der Waals surface area (Å²) in [5.41, 5.74) is 45.9. The molecule has 0 N–H and O–H groups in total. The zero-order valence-corrected chi connectivity index (χ0v) is 59.2. The standard InChI is InChI=1S/C105H62BN3/c1-2-26-63(27-3-1)64-50-52-65(53-51-64)107-96-57-55-79-74-34-10-23-47-90(74)105(88-45-21-8-32-72(88)73-33-9-22-46-89(73)105)100(79)102(96)106-93-62-92-81(76-36-12-20-44-87(76)104(92)84-41-17-6-30-70(84)71-31-7-18-42-85(71)104)61-97(93)108(99-60-67(59-98(107)101(99)106)109-94-48-24-13-37-77(94)78-38-14-25-49-95(78)109)66-54-56-91-80(58-66)75-35-11-19-43-86(75)103(91)82-39-15-4-28-68(82)69-29-5-16-40-83(69)103/h1-62H. The number of rotatable bonds is 4. The fourth-order valence-electron chi connectivity index (χ4n) is 22.8. The van der Waals surface area contributed by atoms with E-state index in [1.807, 2.05) is 0 Å². The maximum absolute atomic E-state index is 2.76. The first-order chi connectivity index (χ1) is 54.1. The number of fused-ring (bicyclic) bond motifs is 38. The second-order valence-corrected chi connectivity index (χ2v) is 31.1. The highest BCUT2D eigenvalue weighted by Crippen LogP contribution is 2.68. The van der Waals surface area contributed by atoms with Crippen molar-refractivity contribution in [1.29, 1.82) is 0 Å². The zero-order chi connectivity index (χ0) is 70.7. The molecule has 0 amide bonds. The molecule has 0 unspecified atom stereocenters. The molecule has 0 fully saturated rings. The van der Waals surface area contributed by atoms with Gasteiger partial charge in [0.25, 0.3) is 6.71 Å². The van der Waals surface area contributed by atoms with Crippen LogP contribution in [0.15, 0.2) is 376 Å². The van der Waals surface area contributed by atoms with Gasteiger partial charge in [-0.05, 0) is 222 Å². The smallest absolute Gasteiger partial charge is 0.252 e. The van der Waals surface area contributed by atoms with Gasteiger partial charge in [0.1, 0.15) is 0 Å². The Morgan fingerprint density at radius 1 is 0.202 bits per heavy atom. The van der Waals surface area contributed by atoms with Crippen LogP contribution in [0, 0.1) is 0 Å². The Bertz CT molecular complexity index is 6950. The lowest BCUT2D eigenvalue weighted by Crippen LogP contribution is -2.63. The van der Waals surface area contributed by atoms with Crippen LogP contribution >= 0.6 is 0 Å². The molecule has 3 spiro atoms. The molecule has 2 aliphatic heterocycles. The van der Waals surface area contributed by atoms with Gasteiger partial charge in [-0.25, -0.2) is 0 Å². The van der Waals surface area contributed by atoms with Gasteiger partial charge in [-0.3, -0.25) is 0 Å². The van der Waals surface area contributed by atoms with Crippen molar-refractivity contribution in [1.82, 2.24) is 4.57 Å². The fourth-order valence-corrected chi connectivity index (χ4v) is 22.8. The summed E-state index contributed by atoms with van der Waals surface area (Å²) in [6.07, 6.45) is 0. The fraction of sp³-hybridized carbons (Fsp3) is 0.0286. The van der Waals surface area contributed by atoms with Crippen LogP contribution in [-0.2, 0) is 16.2 Å². The number of para-hydroxylation sites is 2. The highest BCUT2D eigenvalue weighted by atomic mass is 15.2. The minimum absolute atomic E-state index is 0.331. The Balaban J connectivity index is 0.848. The number of hydrogen-bond donors (Lipinski definition) is 0. The lowest BCUT2D eigenvalue weighted by molar-refractivity contribution is 0.793. The third-order valence-corrected chi connectivity index (χ3v) is 26.6. The van der Waals surface area contributed by atoms with E-state index in [0.717, 1.165) is 39.5 Å². The topological polar surface area (TPSA) is 11.4 Å². The van der Waals surface area contributed by atoms with Gasteiger partial charge in [-0.15, -0.1) is 0 Å². The predicted octanol–water partition coefficient (Wildman–Crippen LogP) is 23.6. The van der Waals surface area contributed by atoms with E-state index in [2.05, 4.69) is 390 Å². The molecular weight excluding hydrogens is 1310 g/mol. The van der Waals surface area contributed by atoms with Crippen molar-refractivity contribution in [2.45, 2.75) is 16.2 Å². The summed E-state index contributed by atoms with van der Waals surface area (Å²) in [6, 6.07) is 146. The van der Waals surface area contributed by atoms with Crippen molar-refractivity contribution < 1.29 is 0 Å². The van der Waals surface area contributed by atoms with Crippen LogP contribution in [0.1, 0.15) is 66.8 Å². The molecule has 18 aromatic rings. The lowest BCUT2D eigenvalue weighted by Gasteiger charge is -2.47. The average molecular weight is 1380 g/mol. The lowest BCUT2D eigenvalue weighted by atomic mass is 9.31. The summed E-state index contributed by atoms with van der Waals surface area (Å²) in [4.78, 5) is 5.43. The molecule has 6 aliphatic carbocycles. The summed E-state index contributed by atoms with van der Waals surface area (Å²) in [5.74, 6) is 0. The van der Waals surface area contributed by atoms with Crippen LogP contribution in [0.25, 0.3) is 105 Å². The van der Waals surface area contributed by atoms with E-state index in [9.17, 15) is 0 Å². The average Bonchev–Trinajstić information content (AvgIpc) is 1.55. The van der Waals surface area contributed by atoms with Gasteiger partial charge < -0.3 is 14.4 Å². The molecule has 0 atom stereocenters. The molecule has 3 nitrogen and oxygen atoms in total. The first-order valence-corrected chi connectivity index (χ1v) is 38.4. The van der Waals surface area contributed by atoms with Gasteiger partial charge in [-0.2, -0.15) is 0 Å². The van der Waals surface area contributed by atoms with Crippen LogP contribution in [0.2, 0.25) is 0 Å². The van der Waals surface area contributed by atoms with E-state index in [4.69, 9.17) is 0 Å². The van der Waals surface area contributed by atoms with Crippen LogP contribution in [-0.4, -0.2) is 11.3 Å². The molecule has 26 rings (SSSR count). The van der Waals surface area contributed by atoms with E-state index in [1.54, 1.807) is 0 Å².